The molecule has 1 aliphatic rings. The minimum absolute atomic E-state index is 0.0493. The van der Waals surface area contributed by atoms with Gasteiger partial charge in [0, 0.05) is 24.2 Å². The molecular weight excluding hydrogens is 222 g/mol. The molecule has 0 aromatic carbocycles. The Morgan fingerprint density at radius 1 is 1.62 bits per heavy atom. The van der Waals surface area contributed by atoms with Crippen LogP contribution in [0, 0.1) is 6.92 Å². The van der Waals surface area contributed by atoms with Crippen LogP contribution in [-0.4, -0.2) is 23.5 Å². The minimum atomic E-state index is -0.0493. The molecule has 1 aliphatic heterocycles. The van der Waals surface area contributed by atoms with Crippen LogP contribution in [-0.2, 0) is 11.3 Å². The smallest absolute Gasteiger partial charge is 0.237 e. The maximum absolute atomic E-state index is 11.7. The minimum Gasteiger partial charge on any atom is -0.355 e. The van der Waals surface area contributed by atoms with Gasteiger partial charge in [-0.05, 0) is 26.2 Å². The molecular formula is C11H17N3OS. The fourth-order valence-corrected chi connectivity index (χ4v) is 2.55. The van der Waals surface area contributed by atoms with Crippen LogP contribution < -0.4 is 10.6 Å². The van der Waals surface area contributed by atoms with Gasteiger partial charge in [0.15, 0.2) is 0 Å². The molecule has 1 aromatic heterocycles. The molecule has 1 saturated heterocycles. The first-order valence-corrected chi connectivity index (χ1v) is 6.56. The van der Waals surface area contributed by atoms with E-state index in [1.807, 2.05) is 12.3 Å². The standard InChI is InChI=1S/C11H17N3OS/c1-8-7-16-10(14-8)6-13-9-4-2-3-5-12-11(9)15/h7,9,13H,2-6H2,1H3,(H,12,15). The first-order valence-electron chi connectivity index (χ1n) is 5.68. The van der Waals surface area contributed by atoms with Gasteiger partial charge in [0.1, 0.15) is 5.01 Å². The Bertz CT molecular complexity index is 364. The fraction of sp³-hybridized carbons (Fsp3) is 0.636. The highest BCUT2D eigenvalue weighted by Crippen LogP contribution is 2.10. The van der Waals surface area contributed by atoms with Gasteiger partial charge in [-0.2, -0.15) is 0 Å². The van der Waals surface area contributed by atoms with Crippen molar-refractivity contribution in [1.29, 1.82) is 0 Å². The molecule has 2 N–H and O–H groups in total. The molecule has 2 rings (SSSR count). The second-order valence-electron chi connectivity index (χ2n) is 4.10. The van der Waals surface area contributed by atoms with Crippen molar-refractivity contribution in [2.45, 2.75) is 38.8 Å². The summed E-state index contributed by atoms with van der Waals surface area (Å²) in [6, 6.07) is -0.0493. The van der Waals surface area contributed by atoms with Crippen molar-refractivity contribution in [1.82, 2.24) is 15.6 Å². The van der Waals surface area contributed by atoms with E-state index < -0.39 is 0 Å². The van der Waals surface area contributed by atoms with Crippen LogP contribution in [0.5, 0.6) is 0 Å². The van der Waals surface area contributed by atoms with Crippen molar-refractivity contribution in [3.63, 3.8) is 0 Å². The van der Waals surface area contributed by atoms with Crippen molar-refractivity contribution >= 4 is 17.2 Å². The van der Waals surface area contributed by atoms with Crippen molar-refractivity contribution in [2.75, 3.05) is 6.54 Å². The maximum Gasteiger partial charge on any atom is 0.237 e. The molecule has 1 amide bonds. The van der Waals surface area contributed by atoms with Crippen LogP contribution in [0.1, 0.15) is 30.0 Å². The van der Waals surface area contributed by atoms with Crippen LogP contribution in [0.4, 0.5) is 0 Å². The third kappa shape index (κ3) is 3.02. The number of rotatable bonds is 3. The van der Waals surface area contributed by atoms with E-state index in [0.29, 0.717) is 6.54 Å². The first kappa shape index (κ1) is 11.5. The summed E-state index contributed by atoms with van der Waals surface area (Å²) in [4.78, 5) is 16.0. The number of amides is 1. The number of thiazole rings is 1. The Morgan fingerprint density at radius 3 is 3.25 bits per heavy atom. The number of carbonyl (C=O) groups is 1. The van der Waals surface area contributed by atoms with E-state index >= 15 is 0 Å². The lowest BCUT2D eigenvalue weighted by molar-refractivity contribution is -0.122. The lowest BCUT2D eigenvalue weighted by Crippen LogP contribution is -2.42. The highest BCUT2D eigenvalue weighted by atomic mass is 32.1. The number of hydrogen-bond acceptors (Lipinski definition) is 4. The third-order valence-electron chi connectivity index (χ3n) is 2.70. The zero-order valence-electron chi connectivity index (χ0n) is 9.45. The van der Waals surface area contributed by atoms with Crippen LogP contribution in [0.15, 0.2) is 5.38 Å². The summed E-state index contributed by atoms with van der Waals surface area (Å²) < 4.78 is 0. The number of nitrogens with one attached hydrogen (secondary N) is 2. The summed E-state index contributed by atoms with van der Waals surface area (Å²) in [5, 5.41) is 9.28. The predicted molar refractivity (Wildman–Crippen MR) is 64.3 cm³/mol. The Morgan fingerprint density at radius 2 is 2.50 bits per heavy atom. The quantitative estimate of drug-likeness (QED) is 0.833. The fourth-order valence-electron chi connectivity index (χ4n) is 1.83. The summed E-state index contributed by atoms with van der Waals surface area (Å²) in [5.74, 6) is 0.130. The van der Waals surface area contributed by atoms with E-state index in [4.69, 9.17) is 0 Å². The maximum atomic E-state index is 11.7. The summed E-state index contributed by atoms with van der Waals surface area (Å²) in [7, 11) is 0. The Hall–Kier alpha value is -0.940. The molecule has 16 heavy (non-hydrogen) atoms. The van der Waals surface area contributed by atoms with Gasteiger partial charge in [0.2, 0.25) is 5.91 Å². The zero-order chi connectivity index (χ0) is 11.4. The van der Waals surface area contributed by atoms with Crippen molar-refractivity contribution in [3.05, 3.63) is 16.1 Å². The van der Waals surface area contributed by atoms with Crippen LogP contribution in [0.2, 0.25) is 0 Å². The summed E-state index contributed by atoms with van der Waals surface area (Å²) in [6.07, 6.45) is 3.11. The van der Waals surface area contributed by atoms with Crippen LogP contribution in [0.25, 0.3) is 0 Å². The number of carbonyl (C=O) groups excluding carboxylic acids is 1. The third-order valence-corrected chi connectivity index (χ3v) is 3.67. The number of aryl methyl sites for hydroxylation is 1. The second kappa shape index (κ2) is 5.41. The Labute approximate surface area is 99.5 Å². The monoisotopic (exact) mass is 239 g/mol. The molecule has 0 radical (unpaired) electrons. The van der Waals surface area contributed by atoms with Gasteiger partial charge in [0.05, 0.1) is 6.04 Å². The highest BCUT2D eigenvalue weighted by molar-refractivity contribution is 7.09. The van der Waals surface area contributed by atoms with E-state index in [1.54, 1.807) is 11.3 Å². The molecule has 88 valence electrons. The average Bonchev–Trinajstić information content (AvgIpc) is 2.56. The van der Waals surface area contributed by atoms with Gasteiger partial charge in [-0.25, -0.2) is 4.98 Å². The lowest BCUT2D eigenvalue weighted by atomic mass is 10.1. The SMILES string of the molecule is Cc1csc(CNC2CCCCNC2=O)n1. The van der Waals surface area contributed by atoms with Gasteiger partial charge in [-0.1, -0.05) is 0 Å². The van der Waals surface area contributed by atoms with Gasteiger partial charge in [-0.3, -0.25) is 10.1 Å². The largest absolute Gasteiger partial charge is 0.355 e. The molecule has 1 fully saturated rings. The van der Waals surface area contributed by atoms with Crippen LogP contribution in [0.3, 0.4) is 0 Å². The lowest BCUT2D eigenvalue weighted by Gasteiger charge is -2.13. The van der Waals surface area contributed by atoms with Gasteiger partial charge >= 0.3 is 0 Å². The molecule has 1 aromatic rings. The highest BCUT2D eigenvalue weighted by Gasteiger charge is 2.19. The number of aromatic nitrogens is 1. The molecule has 1 unspecified atom stereocenters. The van der Waals surface area contributed by atoms with E-state index in [1.165, 1.54) is 0 Å². The Balaban J connectivity index is 1.86. The van der Waals surface area contributed by atoms with E-state index in [2.05, 4.69) is 15.6 Å². The summed E-state index contributed by atoms with van der Waals surface area (Å²) in [5.41, 5.74) is 1.05. The van der Waals surface area contributed by atoms with Crippen molar-refractivity contribution in [2.24, 2.45) is 0 Å². The van der Waals surface area contributed by atoms with E-state index in [-0.39, 0.29) is 11.9 Å². The summed E-state index contributed by atoms with van der Waals surface area (Å²) >= 11 is 1.64. The topological polar surface area (TPSA) is 54.0 Å². The first-order chi connectivity index (χ1) is 7.75. The molecule has 1 atom stereocenters. The van der Waals surface area contributed by atoms with Gasteiger partial charge < -0.3 is 5.32 Å². The average molecular weight is 239 g/mol. The van der Waals surface area contributed by atoms with Gasteiger partial charge in [-0.15, -0.1) is 11.3 Å². The van der Waals surface area contributed by atoms with Crippen LogP contribution >= 0.6 is 11.3 Å². The second-order valence-corrected chi connectivity index (χ2v) is 5.05. The van der Waals surface area contributed by atoms with Crippen molar-refractivity contribution < 1.29 is 4.79 Å². The van der Waals surface area contributed by atoms with Gasteiger partial charge in [0.25, 0.3) is 0 Å². The number of hydrogen-bond donors (Lipinski definition) is 2. The summed E-state index contributed by atoms with van der Waals surface area (Å²) in [6.45, 7) is 3.49. The van der Waals surface area contributed by atoms with Crippen molar-refractivity contribution in [3.8, 4) is 0 Å². The number of nitrogens with zero attached hydrogens (tertiary/aromatic N) is 1. The molecule has 0 aliphatic carbocycles. The molecule has 2 heterocycles. The zero-order valence-corrected chi connectivity index (χ0v) is 10.3. The molecule has 0 spiro atoms. The predicted octanol–water partition coefficient (Wildman–Crippen LogP) is 1.21. The van der Waals surface area contributed by atoms with E-state index in [0.717, 1.165) is 36.5 Å². The Kier molecular flexibility index (Phi) is 3.90. The molecule has 0 bridgehead atoms. The normalized spacial score (nSPS) is 21.6. The molecule has 4 nitrogen and oxygen atoms in total. The molecule has 0 saturated carbocycles. The molecule has 5 heteroatoms. The van der Waals surface area contributed by atoms with E-state index in [9.17, 15) is 4.79 Å².